The third kappa shape index (κ3) is 57.8. The van der Waals surface area contributed by atoms with Crippen molar-refractivity contribution in [3.05, 3.63) is 0 Å². The van der Waals surface area contributed by atoms with Crippen LogP contribution in [-0.4, -0.2) is 96.7 Å². The van der Waals surface area contributed by atoms with Crippen LogP contribution in [0.5, 0.6) is 0 Å². The lowest BCUT2D eigenvalue weighted by molar-refractivity contribution is -0.161. The molecule has 498 valence electrons. The van der Waals surface area contributed by atoms with Gasteiger partial charge in [-0.2, -0.15) is 0 Å². The van der Waals surface area contributed by atoms with E-state index >= 15 is 0 Å². The van der Waals surface area contributed by atoms with Crippen LogP contribution >= 0.6 is 15.6 Å². The second kappa shape index (κ2) is 58.7. The molecule has 0 aliphatic rings. The van der Waals surface area contributed by atoms with Crippen LogP contribution in [0, 0.1) is 5.92 Å². The molecule has 0 radical (unpaired) electrons. The number of phosphoric ester groups is 2. The molecule has 0 rings (SSSR count). The zero-order chi connectivity index (χ0) is 62.0. The highest BCUT2D eigenvalue weighted by Crippen LogP contribution is 2.45. The number of carbonyl (C=O) groups is 4. The van der Waals surface area contributed by atoms with Crippen molar-refractivity contribution in [2.45, 2.75) is 348 Å². The number of hydrogen-bond acceptors (Lipinski definition) is 15. The van der Waals surface area contributed by atoms with Crippen molar-refractivity contribution in [2.75, 3.05) is 39.6 Å². The van der Waals surface area contributed by atoms with Crippen molar-refractivity contribution < 1.29 is 80.2 Å². The van der Waals surface area contributed by atoms with Crippen LogP contribution in [-0.2, 0) is 65.4 Å². The lowest BCUT2D eigenvalue weighted by atomic mass is 10.00. The standard InChI is InChI=1S/C65H126O17P2/c1-6-10-13-16-19-22-23-24-25-26-27-28-31-34-41-46-51-65(70)82-61(55-76-63(68)49-44-39-36-35-37-42-47-58(5)9-4)57-80-84(73,74)78-53-59(66)52-77-83(71,72)79-56-60(81-64(69)50-45-40-33-30-21-18-15-12-8-3)54-75-62(67)48-43-38-32-29-20-17-14-11-7-2/h58-61,66H,6-57H2,1-5H3,(H,71,72)(H,73,74)/t58?,59-,60+,61+/m0/s1. The number of ether oxygens (including phenoxy) is 4. The Balaban J connectivity index is 5.20. The maximum absolute atomic E-state index is 13.0. The van der Waals surface area contributed by atoms with Gasteiger partial charge in [-0.25, -0.2) is 9.13 Å². The zero-order valence-electron chi connectivity index (χ0n) is 54.0. The van der Waals surface area contributed by atoms with Gasteiger partial charge in [0.25, 0.3) is 0 Å². The molecule has 84 heavy (non-hydrogen) atoms. The summed E-state index contributed by atoms with van der Waals surface area (Å²) in [5.74, 6) is -1.40. The number of aliphatic hydroxyl groups is 1. The SMILES string of the molecule is CCCCCCCCCCCCCCCCCCC(=O)O[C@H](COC(=O)CCCCCCCCC(C)CC)COP(=O)(O)OC[C@@H](O)COP(=O)(O)OC[C@@H](COC(=O)CCCCCCCCCCC)OC(=O)CCCCCCCCCCC. The Morgan fingerprint density at radius 1 is 0.333 bits per heavy atom. The van der Waals surface area contributed by atoms with Gasteiger partial charge in [-0.3, -0.25) is 37.3 Å². The number of hydrogen-bond donors (Lipinski definition) is 3. The normalized spacial score (nSPS) is 14.5. The van der Waals surface area contributed by atoms with Gasteiger partial charge >= 0.3 is 39.5 Å². The molecule has 19 heteroatoms. The molecule has 0 aromatic heterocycles. The van der Waals surface area contributed by atoms with E-state index in [4.69, 9.17) is 37.0 Å². The van der Waals surface area contributed by atoms with Crippen molar-refractivity contribution in [1.82, 2.24) is 0 Å². The topological polar surface area (TPSA) is 237 Å². The van der Waals surface area contributed by atoms with E-state index in [0.717, 1.165) is 102 Å². The second-order valence-electron chi connectivity index (χ2n) is 23.7. The van der Waals surface area contributed by atoms with E-state index in [2.05, 4.69) is 34.6 Å². The van der Waals surface area contributed by atoms with Gasteiger partial charge in [0.2, 0.25) is 0 Å². The molecular weight excluding hydrogens is 1110 g/mol. The van der Waals surface area contributed by atoms with Crippen molar-refractivity contribution in [2.24, 2.45) is 5.92 Å². The Kier molecular flexibility index (Phi) is 57.4. The molecule has 3 N–H and O–H groups in total. The summed E-state index contributed by atoms with van der Waals surface area (Å²) in [5, 5.41) is 10.5. The molecule has 0 fully saturated rings. The van der Waals surface area contributed by atoms with Crippen molar-refractivity contribution in [1.29, 1.82) is 0 Å². The van der Waals surface area contributed by atoms with Crippen LogP contribution in [0.4, 0.5) is 0 Å². The molecule has 0 amide bonds. The monoisotopic (exact) mass is 1240 g/mol. The Morgan fingerprint density at radius 2 is 0.571 bits per heavy atom. The summed E-state index contributed by atoms with van der Waals surface area (Å²) in [6.45, 7) is 7.14. The maximum Gasteiger partial charge on any atom is 0.472 e. The van der Waals surface area contributed by atoms with Gasteiger partial charge in [0.1, 0.15) is 19.3 Å². The van der Waals surface area contributed by atoms with Gasteiger partial charge in [-0.15, -0.1) is 0 Å². The second-order valence-corrected chi connectivity index (χ2v) is 26.7. The third-order valence-electron chi connectivity index (χ3n) is 15.4. The van der Waals surface area contributed by atoms with Crippen molar-refractivity contribution in [3.63, 3.8) is 0 Å². The molecule has 0 saturated heterocycles. The quantitative estimate of drug-likeness (QED) is 0.0222. The van der Waals surface area contributed by atoms with Gasteiger partial charge in [0.15, 0.2) is 12.2 Å². The van der Waals surface area contributed by atoms with Crippen LogP contribution in [0.1, 0.15) is 330 Å². The molecule has 0 aliphatic carbocycles. The van der Waals surface area contributed by atoms with Gasteiger partial charge in [0, 0.05) is 25.7 Å². The molecule has 3 unspecified atom stereocenters. The van der Waals surface area contributed by atoms with Crippen LogP contribution in [0.3, 0.4) is 0 Å². The molecule has 0 spiro atoms. The Bertz CT molecular complexity index is 1640. The lowest BCUT2D eigenvalue weighted by Crippen LogP contribution is -2.30. The van der Waals surface area contributed by atoms with E-state index in [1.807, 2.05) is 0 Å². The Labute approximate surface area is 511 Å². The molecular formula is C65H126O17P2. The van der Waals surface area contributed by atoms with E-state index in [-0.39, 0.29) is 25.7 Å². The van der Waals surface area contributed by atoms with Gasteiger partial charge in [-0.05, 0) is 31.6 Å². The van der Waals surface area contributed by atoms with Crippen LogP contribution < -0.4 is 0 Å². The Hall–Kier alpha value is -1.94. The van der Waals surface area contributed by atoms with Crippen LogP contribution in [0.15, 0.2) is 0 Å². The zero-order valence-corrected chi connectivity index (χ0v) is 55.8. The van der Waals surface area contributed by atoms with Gasteiger partial charge in [0.05, 0.1) is 26.4 Å². The van der Waals surface area contributed by atoms with Gasteiger partial charge < -0.3 is 33.8 Å². The summed E-state index contributed by atoms with van der Waals surface area (Å²) in [7, 11) is -9.88. The minimum absolute atomic E-state index is 0.106. The summed E-state index contributed by atoms with van der Waals surface area (Å²) in [4.78, 5) is 72.2. The molecule has 0 aromatic carbocycles. The summed E-state index contributed by atoms with van der Waals surface area (Å²) >= 11 is 0. The summed E-state index contributed by atoms with van der Waals surface area (Å²) in [6, 6.07) is 0. The smallest absolute Gasteiger partial charge is 0.462 e. The van der Waals surface area contributed by atoms with Gasteiger partial charge in [-0.1, -0.05) is 279 Å². The van der Waals surface area contributed by atoms with Crippen molar-refractivity contribution >= 4 is 39.5 Å². The van der Waals surface area contributed by atoms with E-state index in [0.29, 0.717) is 25.7 Å². The van der Waals surface area contributed by atoms with E-state index in [1.54, 1.807) is 0 Å². The molecule has 6 atom stereocenters. The Morgan fingerprint density at radius 3 is 0.845 bits per heavy atom. The fourth-order valence-electron chi connectivity index (χ4n) is 9.73. The average Bonchev–Trinajstić information content (AvgIpc) is 3.53. The predicted octanol–water partition coefficient (Wildman–Crippen LogP) is 18.2. The minimum Gasteiger partial charge on any atom is -0.462 e. The number of carbonyl (C=O) groups excluding carboxylic acids is 4. The molecule has 0 bridgehead atoms. The number of esters is 4. The molecule has 0 heterocycles. The van der Waals surface area contributed by atoms with E-state index in [1.165, 1.54) is 148 Å². The average molecular weight is 1240 g/mol. The first-order chi connectivity index (χ1) is 40.6. The predicted molar refractivity (Wildman–Crippen MR) is 335 cm³/mol. The van der Waals surface area contributed by atoms with E-state index < -0.39 is 97.5 Å². The first-order valence-corrected chi connectivity index (χ1v) is 37.2. The highest BCUT2D eigenvalue weighted by atomic mass is 31.2. The summed E-state index contributed by atoms with van der Waals surface area (Å²) in [6.07, 6.45) is 43.1. The van der Waals surface area contributed by atoms with Crippen LogP contribution in [0.2, 0.25) is 0 Å². The number of rotatable bonds is 65. The highest BCUT2D eigenvalue weighted by Gasteiger charge is 2.30. The first kappa shape index (κ1) is 82.1. The summed E-state index contributed by atoms with van der Waals surface area (Å²) in [5.41, 5.74) is 0. The van der Waals surface area contributed by atoms with E-state index in [9.17, 15) is 43.2 Å². The fourth-order valence-corrected chi connectivity index (χ4v) is 11.3. The molecule has 0 aliphatic heterocycles. The maximum atomic E-state index is 13.0. The highest BCUT2D eigenvalue weighted by molar-refractivity contribution is 7.47. The lowest BCUT2D eigenvalue weighted by Gasteiger charge is -2.21. The summed E-state index contributed by atoms with van der Waals surface area (Å²) < 4.78 is 68.0. The molecule has 17 nitrogen and oxygen atoms in total. The molecule has 0 saturated carbocycles. The molecule has 0 aromatic rings. The first-order valence-electron chi connectivity index (χ1n) is 34.2. The largest absolute Gasteiger partial charge is 0.472 e. The third-order valence-corrected chi connectivity index (χ3v) is 17.3. The number of aliphatic hydroxyl groups excluding tert-OH is 1. The fraction of sp³-hybridized carbons (Fsp3) is 0.938. The number of unbranched alkanes of at least 4 members (excludes halogenated alkanes) is 36. The minimum atomic E-state index is -4.94. The number of phosphoric acid groups is 2. The van der Waals surface area contributed by atoms with Crippen molar-refractivity contribution in [3.8, 4) is 0 Å². The van der Waals surface area contributed by atoms with Crippen LogP contribution in [0.25, 0.3) is 0 Å².